The molecule has 0 saturated heterocycles. The van der Waals surface area contributed by atoms with Gasteiger partial charge in [0.2, 0.25) is 0 Å². The third-order valence-corrected chi connectivity index (χ3v) is 4.33. The van der Waals surface area contributed by atoms with E-state index in [2.05, 4.69) is 0 Å². The quantitative estimate of drug-likeness (QED) is 0.464. The van der Waals surface area contributed by atoms with Crippen LogP contribution in [0.5, 0.6) is 0 Å². The van der Waals surface area contributed by atoms with Crippen molar-refractivity contribution in [1.29, 1.82) is 0 Å². The first-order valence-corrected chi connectivity index (χ1v) is 6.90. The second-order valence-electron chi connectivity index (χ2n) is 3.34. The van der Waals surface area contributed by atoms with E-state index in [1.165, 1.54) is 0 Å². The molecule has 0 aromatic carbocycles. The molecular weight excluding hydrogens is 212 g/mol. The Hall–Kier alpha value is -0.463. The second kappa shape index (κ2) is 5.57. The van der Waals surface area contributed by atoms with Crippen LogP contribution >= 0.6 is 0 Å². The highest BCUT2D eigenvalue weighted by Crippen LogP contribution is 2.16. The minimum Gasteiger partial charge on any atom is -0.351 e. The van der Waals surface area contributed by atoms with E-state index in [1.54, 1.807) is 0 Å². The van der Waals surface area contributed by atoms with E-state index < -0.39 is 9.05 Å². The highest BCUT2D eigenvalue weighted by atomic mass is 28.4. The maximum absolute atomic E-state index is 5.63. The summed E-state index contributed by atoms with van der Waals surface area (Å²) in [4.78, 5) is 0. The summed E-state index contributed by atoms with van der Waals surface area (Å²) in [5.74, 6) is 0. The van der Waals surface area contributed by atoms with E-state index in [0.717, 1.165) is 12.8 Å². The Morgan fingerprint density at radius 2 is 1.20 bits per heavy atom. The average Bonchev–Trinajstić information content (AvgIpc) is 2.15. The zero-order chi connectivity index (χ0) is 10.4. The number of hydrogen-bond acceptors (Lipinski definition) is 4. The van der Waals surface area contributed by atoms with E-state index in [0.29, 0.717) is 26.4 Å². The van der Waals surface area contributed by atoms with Gasteiger partial charge in [0.25, 0.3) is 0 Å². The third kappa shape index (κ3) is 3.25. The molecule has 2 rings (SSSR count). The van der Waals surface area contributed by atoms with Gasteiger partial charge in [-0.1, -0.05) is 24.3 Å². The standard InChI is InChI=1S/C10H16O4Si/c1-3-7-11-15(12-8-4-1)13-9-5-2-6-10-14-15/h1-3,5H,4,6-10H2/b3-1-,5-2-. The second-order valence-corrected chi connectivity index (χ2v) is 5.49. The molecule has 0 amide bonds. The number of rotatable bonds is 0. The van der Waals surface area contributed by atoms with Gasteiger partial charge in [-0.3, -0.25) is 0 Å². The third-order valence-electron chi connectivity index (χ3n) is 2.17. The average molecular weight is 228 g/mol. The first kappa shape index (κ1) is 11.0. The Balaban J connectivity index is 2.00. The normalized spacial score (nSPS) is 30.9. The minimum atomic E-state index is -2.84. The van der Waals surface area contributed by atoms with E-state index in [9.17, 15) is 0 Å². The van der Waals surface area contributed by atoms with Crippen molar-refractivity contribution < 1.29 is 17.7 Å². The van der Waals surface area contributed by atoms with Crippen molar-refractivity contribution in [2.24, 2.45) is 0 Å². The molecule has 0 fully saturated rings. The lowest BCUT2D eigenvalue weighted by molar-refractivity contribution is -0.0256. The predicted octanol–water partition coefficient (Wildman–Crippen LogP) is 1.41. The molecule has 0 radical (unpaired) electrons. The molecule has 84 valence electrons. The molecule has 1 spiro atoms. The fourth-order valence-electron chi connectivity index (χ4n) is 1.43. The molecule has 4 nitrogen and oxygen atoms in total. The molecule has 0 aromatic rings. The van der Waals surface area contributed by atoms with Gasteiger partial charge in [0, 0.05) is 13.2 Å². The molecule has 2 aliphatic heterocycles. The van der Waals surface area contributed by atoms with Crippen LogP contribution in [0.1, 0.15) is 12.8 Å². The summed E-state index contributed by atoms with van der Waals surface area (Å²) in [7, 11) is -2.84. The number of hydrogen-bond donors (Lipinski definition) is 0. The van der Waals surface area contributed by atoms with Crippen molar-refractivity contribution >= 4 is 9.05 Å². The fraction of sp³-hybridized carbons (Fsp3) is 0.600. The Labute approximate surface area is 91.0 Å². The first-order valence-electron chi connectivity index (χ1n) is 5.27. The Kier molecular flexibility index (Phi) is 4.10. The topological polar surface area (TPSA) is 36.9 Å². The molecule has 0 bridgehead atoms. The Bertz CT molecular complexity index is 226. The SMILES string of the molecule is C1=C\CO[Si]2(OC/C=C\CCO2)OCC/1. The zero-order valence-corrected chi connectivity index (χ0v) is 9.69. The summed E-state index contributed by atoms with van der Waals surface area (Å²) < 4.78 is 22.5. The van der Waals surface area contributed by atoms with Crippen LogP contribution in [0.4, 0.5) is 0 Å². The first-order chi connectivity index (χ1) is 7.41. The lowest BCUT2D eigenvalue weighted by atomic mass is 10.4. The van der Waals surface area contributed by atoms with Gasteiger partial charge in [-0.05, 0) is 12.8 Å². The van der Waals surface area contributed by atoms with Gasteiger partial charge in [0.15, 0.2) is 0 Å². The summed E-state index contributed by atoms with van der Waals surface area (Å²) in [6.07, 6.45) is 9.84. The maximum atomic E-state index is 5.63. The maximum Gasteiger partial charge on any atom is 0.680 e. The van der Waals surface area contributed by atoms with Crippen molar-refractivity contribution in [2.45, 2.75) is 12.8 Å². The van der Waals surface area contributed by atoms with Crippen LogP contribution in [0.25, 0.3) is 0 Å². The van der Waals surface area contributed by atoms with Crippen molar-refractivity contribution in [3.8, 4) is 0 Å². The van der Waals surface area contributed by atoms with Crippen molar-refractivity contribution in [3.63, 3.8) is 0 Å². The molecule has 5 heteroatoms. The van der Waals surface area contributed by atoms with E-state index in [-0.39, 0.29) is 0 Å². The highest BCUT2D eigenvalue weighted by Gasteiger charge is 2.45. The van der Waals surface area contributed by atoms with Crippen LogP contribution in [0, 0.1) is 0 Å². The smallest absolute Gasteiger partial charge is 0.351 e. The predicted molar refractivity (Wildman–Crippen MR) is 57.1 cm³/mol. The zero-order valence-electron chi connectivity index (χ0n) is 8.69. The van der Waals surface area contributed by atoms with Crippen LogP contribution in [0.3, 0.4) is 0 Å². The Morgan fingerprint density at radius 1 is 0.667 bits per heavy atom. The summed E-state index contributed by atoms with van der Waals surface area (Å²) in [6.45, 7) is 2.23. The van der Waals surface area contributed by atoms with Crippen LogP contribution in [-0.4, -0.2) is 35.5 Å². The molecule has 0 atom stereocenters. The summed E-state index contributed by atoms with van der Waals surface area (Å²) in [6, 6.07) is 0. The van der Waals surface area contributed by atoms with Gasteiger partial charge in [-0.25, -0.2) is 0 Å². The van der Waals surface area contributed by atoms with Crippen molar-refractivity contribution in [3.05, 3.63) is 24.3 Å². The van der Waals surface area contributed by atoms with E-state index >= 15 is 0 Å². The molecule has 0 N–H and O–H groups in total. The van der Waals surface area contributed by atoms with Gasteiger partial charge in [-0.15, -0.1) is 0 Å². The molecule has 2 aliphatic rings. The minimum absolute atomic E-state index is 0.510. The monoisotopic (exact) mass is 228 g/mol. The van der Waals surface area contributed by atoms with Gasteiger partial charge in [0.05, 0.1) is 13.2 Å². The van der Waals surface area contributed by atoms with Crippen LogP contribution in [-0.2, 0) is 17.7 Å². The van der Waals surface area contributed by atoms with Gasteiger partial charge < -0.3 is 17.7 Å². The summed E-state index contributed by atoms with van der Waals surface area (Å²) in [5, 5.41) is 0. The fourth-order valence-corrected chi connectivity index (χ4v) is 3.26. The van der Waals surface area contributed by atoms with Crippen molar-refractivity contribution in [2.75, 3.05) is 26.4 Å². The molecule has 0 unspecified atom stereocenters. The van der Waals surface area contributed by atoms with Crippen LogP contribution < -0.4 is 0 Å². The summed E-state index contributed by atoms with van der Waals surface area (Å²) >= 11 is 0. The lowest BCUT2D eigenvalue weighted by Gasteiger charge is -2.28. The van der Waals surface area contributed by atoms with Crippen molar-refractivity contribution in [1.82, 2.24) is 0 Å². The van der Waals surface area contributed by atoms with Gasteiger partial charge in [0.1, 0.15) is 0 Å². The van der Waals surface area contributed by atoms with Crippen LogP contribution in [0.15, 0.2) is 24.3 Å². The Morgan fingerprint density at radius 3 is 1.73 bits per heavy atom. The summed E-state index contributed by atoms with van der Waals surface area (Å²) in [5.41, 5.74) is 0. The van der Waals surface area contributed by atoms with E-state index in [1.807, 2.05) is 24.3 Å². The van der Waals surface area contributed by atoms with Gasteiger partial charge in [-0.2, -0.15) is 0 Å². The molecule has 0 saturated carbocycles. The van der Waals surface area contributed by atoms with Gasteiger partial charge >= 0.3 is 9.05 Å². The highest BCUT2D eigenvalue weighted by molar-refractivity contribution is 6.53. The lowest BCUT2D eigenvalue weighted by Crippen LogP contribution is -2.50. The molecule has 15 heavy (non-hydrogen) atoms. The molecule has 2 heterocycles. The molecule has 0 aliphatic carbocycles. The molecular formula is C10H16O4Si. The van der Waals surface area contributed by atoms with E-state index in [4.69, 9.17) is 17.7 Å². The molecule has 0 aromatic heterocycles. The largest absolute Gasteiger partial charge is 0.680 e. The van der Waals surface area contributed by atoms with Crippen LogP contribution in [0.2, 0.25) is 0 Å².